The molecular weight excluding hydrogens is 456 g/mol. The highest BCUT2D eigenvalue weighted by molar-refractivity contribution is 5.99. The standard InChI is InChI=1S/C30H36O6/c1-11(2)19-17-9-13(5)21(27(33)23(17)15(7)25(31)29(19)35)22-14(6)10-18-20(12(3)4)30(36)26(32)16(8)24(18)28(22)34/h9-12,21,27,31-36H,1-8H3. The van der Waals surface area contributed by atoms with Gasteiger partial charge in [-0.15, -0.1) is 0 Å². The largest absolute Gasteiger partial charge is 0.507 e. The molecule has 0 bridgehead atoms. The molecule has 0 aromatic heterocycles. The van der Waals surface area contributed by atoms with E-state index in [4.69, 9.17) is 0 Å². The Morgan fingerprint density at radius 1 is 0.667 bits per heavy atom. The summed E-state index contributed by atoms with van der Waals surface area (Å²) in [4.78, 5) is 0. The van der Waals surface area contributed by atoms with Gasteiger partial charge in [0.15, 0.2) is 23.0 Å². The van der Waals surface area contributed by atoms with E-state index in [1.807, 2.05) is 53.7 Å². The van der Waals surface area contributed by atoms with Gasteiger partial charge in [-0.2, -0.15) is 0 Å². The topological polar surface area (TPSA) is 121 Å². The molecule has 0 saturated carbocycles. The fraction of sp³-hybridized carbons (Fsp3) is 0.400. The summed E-state index contributed by atoms with van der Waals surface area (Å²) in [6.45, 7) is 14.7. The average Bonchev–Trinajstić information content (AvgIpc) is 2.77. The Hall–Kier alpha value is -3.38. The minimum Gasteiger partial charge on any atom is -0.507 e. The lowest BCUT2D eigenvalue weighted by atomic mass is 9.72. The van der Waals surface area contributed by atoms with Gasteiger partial charge in [-0.3, -0.25) is 0 Å². The second-order valence-electron chi connectivity index (χ2n) is 10.8. The lowest BCUT2D eigenvalue weighted by molar-refractivity contribution is 0.153. The lowest BCUT2D eigenvalue weighted by Crippen LogP contribution is -2.21. The molecule has 0 radical (unpaired) electrons. The van der Waals surface area contributed by atoms with Crippen molar-refractivity contribution in [1.82, 2.24) is 0 Å². The highest BCUT2D eigenvalue weighted by Crippen LogP contribution is 2.55. The highest BCUT2D eigenvalue weighted by Gasteiger charge is 2.38. The van der Waals surface area contributed by atoms with Crippen LogP contribution in [0.3, 0.4) is 0 Å². The first-order valence-corrected chi connectivity index (χ1v) is 12.4. The van der Waals surface area contributed by atoms with Crippen LogP contribution in [-0.4, -0.2) is 30.6 Å². The Morgan fingerprint density at radius 3 is 1.75 bits per heavy atom. The summed E-state index contributed by atoms with van der Waals surface area (Å²) >= 11 is 0. The average molecular weight is 493 g/mol. The van der Waals surface area contributed by atoms with Crippen LogP contribution in [0.1, 0.15) is 103 Å². The van der Waals surface area contributed by atoms with E-state index in [-0.39, 0.29) is 40.6 Å². The number of phenols is 5. The maximum atomic E-state index is 11.7. The van der Waals surface area contributed by atoms with Crippen LogP contribution < -0.4 is 0 Å². The molecule has 6 N–H and O–H groups in total. The summed E-state index contributed by atoms with van der Waals surface area (Å²) in [7, 11) is 0. The van der Waals surface area contributed by atoms with Gasteiger partial charge in [0.1, 0.15) is 5.75 Å². The van der Waals surface area contributed by atoms with E-state index >= 15 is 0 Å². The molecule has 0 heterocycles. The van der Waals surface area contributed by atoms with Gasteiger partial charge in [0.2, 0.25) is 0 Å². The van der Waals surface area contributed by atoms with Crippen LogP contribution >= 0.6 is 0 Å². The van der Waals surface area contributed by atoms with Crippen LogP contribution in [0.2, 0.25) is 0 Å². The Labute approximate surface area is 211 Å². The molecule has 2 atom stereocenters. The first-order chi connectivity index (χ1) is 16.7. The number of aromatic hydroxyl groups is 5. The predicted molar refractivity (Wildman–Crippen MR) is 142 cm³/mol. The molecule has 192 valence electrons. The second-order valence-corrected chi connectivity index (χ2v) is 10.8. The fourth-order valence-corrected chi connectivity index (χ4v) is 6.08. The molecule has 36 heavy (non-hydrogen) atoms. The van der Waals surface area contributed by atoms with E-state index in [1.54, 1.807) is 13.8 Å². The fourth-order valence-electron chi connectivity index (χ4n) is 6.08. The first-order valence-electron chi connectivity index (χ1n) is 12.4. The number of hydrogen-bond donors (Lipinski definition) is 6. The van der Waals surface area contributed by atoms with Gasteiger partial charge in [-0.25, -0.2) is 0 Å². The van der Waals surface area contributed by atoms with Crippen LogP contribution in [0, 0.1) is 20.8 Å². The first kappa shape index (κ1) is 25.7. The molecule has 0 amide bonds. The van der Waals surface area contributed by atoms with Gasteiger partial charge in [-0.05, 0) is 61.6 Å². The van der Waals surface area contributed by atoms with Crippen LogP contribution in [0.4, 0.5) is 0 Å². The summed E-state index contributed by atoms with van der Waals surface area (Å²) in [5.74, 6) is -1.75. The zero-order chi connectivity index (χ0) is 27.0. The van der Waals surface area contributed by atoms with Gasteiger partial charge < -0.3 is 30.6 Å². The van der Waals surface area contributed by atoms with Crippen LogP contribution in [0.15, 0.2) is 11.6 Å². The summed E-state index contributed by atoms with van der Waals surface area (Å²) in [6, 6.07) is 1.89. The molecule has 0 aliphatic heterocycles. The second kappa shape index (κ2) is 8.63. The van der Waals surface area contributed by atoms with Crippen molar-refractivity contribution in [2.24, 2.45) is 0 Å². The number of hydrogen-bond acceptors (Lipinski definition) is 6. The minimum atomic E-state index is -1.09. The molecule has 4 rings (SSSR count). The van der Waals surface area contributed by atoms with Gasteiger partial charge in [0.25, 0.3) is 0 Å². The van der Waals surface area contributed by atoms with Gasteiger partial charge >= 0.3 is 0 Å². The summed E-state index contributed by atoms with van der Waals surface area (Å²) in [6.07, 6.45) is 0.824. The molecular formula is C30H36O6. The minimum absolute atomic E-state index is 0.0512. The highest BCUT2D eigenvalue weighted by atomic mass is 16.3. The van der Waals surface area contributed by atoms with E-state index in [0.29, 0.717) is 49.7 Å². The van der Waals surface area contributed by atoms with Crippen LogP contribution in [-0.2, 0) is 0 Å². The number of aryl methyl sites for hydroxylation is 2. The quantitative estimate of drug-likeness (QED) is 0.224. The number of fused-ring (bicyclic) bond motifs is 2. The van der Waals surface area contributed by atoms with Gasteiger partial charge in [0, 0.05) is 39.1 Å². The molecule has 0 saturated heterocycles. The molecule has 6 heteroatoms. The molecule has 1 aliphatic carbocycles. The third-order valence-corrected chi connectivity index (χ3v) is 7.81. The lowest BCUT2D eigenvalue weighted by Gasteiger charge is -2.35. The smallest absolute Gasteiger partial charge is 0.161 e. The van der Waals surface area contributed by atoms with E-state index in [2.05, 4.69) is 0 Å². The van der Waals surface area contributed by atoms with Crippen LogP contribution in [0.5, 0.6) is 28.7 Å². The van der Waals surface area contributed by atoms with Gasteiger partial charge in [-0.1, -0.05) is 45.4 Å². The van der Waals surface area contributed by atoms with Crippen molar-refractivity contribution in [2.45, 2.75) is 79.2 Å². The predicted octanol–water partition coefficient (Wildman–Crippen LogP) is 6.77. The maximum Gasteiger partial charge on any atom is 0.161 e. The molecule has 6 nitrogen and oxygen atoms in total. The maximum absolute atomic E-state index is 11.7. The molecule has 0 spiro atoms. The van der Waals surface area contributed by atoms with Crippen molar-refractivity contribution in [2.75, 3.05) is 0 Å². The Morgan fingerprint density at radius 2 is 1.19 bits per heavy atom. The van der Waals surface area contributed by atoms with Crippen LogP contribution in [0.25, 0.3) is 16.8 Å². The summed E-state index contributed by atoms with van der Waals surface area (Å²) in [5.41, 5.74) is 5.15. The number of aliphatic hydroxyl groups is 1. The molecule has 3 aromatic rings. The zero-order valence-corrected chi connectivity index (χ0v) is 22.1. The third kappa shape index (κ3) is 3.42. The van der Waals surface area contributed by atoms with Crippen molar-refractivity contribution in [3.8, 4) is 28.7 Å². The zero-order valence-electron chi connectivity index (χ0n) is 22.1. The number of aliphatic hydroxyl groups excluding tert-OH is 1. The number of rotatable bonds is 3. The molecule has 3 aromatic carbocycles. The molecule has 1 aliphatic rings. The Kier molecular flexibility index (Phi) is 6.16. The van der Waals surface area contributed by atoms with Crippen molar-refractivity contribution in [1.29, 1.82) is 0 Å². The van der Waals surface area contributed by atoms with E-state index < -0.39 is 12.0 Å². The summed E-state index contributed by atoms with van der Waals surface area (Å²) in [5, 5.41) is 67.2. The Balaban J connectivity index is 2.07. The van der Waals surface area contributed by atoms with E-state index in [1.165, 1.54) is 0 Å². The number of benzene rings is 3. The van der Waals surface area contributed by atoms with E-state index in [9.17, 15) is 30.6 Å². The monoisotopic (exact) mass is 492 g/mol. The third-order valence-electron chi connectivity index (χ3n) is 7.81. The summed E-state index contributed by atoms with van der Waals surface area (Å²) < 4.78 is 0. The Bertz CT molecular complexity index is 1450. The van der Waals surface area contributed by atoms with Crippen molar-refractivity contribution < 1.29 is 30.6 Å². The van der Waals surface area contributed by atoms with Crippen molar-refractivity contribution in [3.63, 3.8) is 0 Å². The van der Waals surface area contributed by atoms with Crippen molar-refractivity contribution >= 4 is 16.8 Å². The SMILES string of the molecule is CC1=Cc2c(C(C)C)c(O)c(O)c(C)c2C(O)C1c1c(C)cc2c(C(C)C)c(O)c(O)c(C)c2c1O. The normalized spacial score (nSPS) is 17.7. The van der Waals surface area contributed by atoms with Gasteiger partial charge in [0.05, 0.1) is 6.10 Å². The molecule has 0 fully saturated rings. The van der Waals surface area contributed by atoms with Crippen molar-refractivity contribution in [3.05, 3.63) is 56.1 Å². The van der Waals surface area contributed by atoms with E-state index in [0.717, 1.165) is 11.1 Å². The number of phenolic OH excluding ortho intramolecular Hbond substituents is 5. The molecule has 2 unspecified atom stereocenters.